The number of nitrogens with one attached hydrogen (secondary N) is 3. The number of H-pyrrole nitrogens is 2. The summed E-state index contributed by atoms with van der Waals surface area (Å²) in [5.41, 5.74) is 0.260. The molecule has 0 saturated heterocycles. The van der Waals surface area contributed by atoms with Gasteiger partial charge in [-0.15, -0.1) is 6.58 Å². The maximum Gasteiger partial charge on any atom is 0.263 e. The molecule has 0 bridgehead atoms. The van der Waals surface area contributed by atoms with Gasteiger partial charge in [-0.3, -0.25) is 14.9 Å². The molecule has 14 heavy (non-hydrogen) atoms. The van der Waals surface area contributed by atoms with Crippen molar-refractivity contribution in [2.75, 3.05) is 11.9 Å². The van der Waals surface area contributed by atoms with Crippen molar-refractivity contribution >= 4 is 17.0 Å². The van der Waals surface area contributed by atoms with Crippen LogP contribution in [0.5, 0.6) is 0 Å². The van der Waals surface area contributed by atoms with E-state index in [1.807, 2.05) is 0 Å². The second-order valence-corrected chi connectivity index (χ2v) is 2.72. The molecule has 0 unspecified atom stereocenters. The number of hydrogen-bond acceptors (Lipinski definition) is 4. The maximum atomic E-state index is 11.4. The third-order valence-corrected chi connectivity index (χ3v) is 1.73. The first kappa shape index (κ1) is 8.49. The molecule has 0 aliphatic rings. The van der Waals surface area contributed by atoms with E-state index >= 15 is 0 Å². The highest BCUT2D eigenvalue weighted by Crippen LogP contribution is 2.03. The number of hydrogen-bond donors (Lipinski definition) is 3. The molecule has 0 fully saturated rings. The third-order valence-electron chi connectivity index (χ3n) is 1.73. The lowest BCUT2D eigenvalue weighted by Crippen LogP contribution is -2.12. The first-order chi connectivity index (χ1) is 6.81. The van der Waals surface area contributed by atoms with Gasteiger partial charge in [0.1, 0.15) is 5.39 Å². The van der Waals surface area contributed by atoms with E-state index in [9.17, 15) is 4.79 Å². The van der Waals surface area contributed by atoms with Gasteiger partial charge in [-0.25, -0.2) is 0 Å². The van der Waals surface area contributed by atoms with Crippen LogP contribution in [-0.4, -0.2) is 26.7 Å². The molecule has 2 rings (SSSR count). The maximum absolute atomic E-state index is 11.4. The predicted octanol–water partition coefficient (Wildman–Crippen LogP) is 0.244. The van der Waals surface area contributed by atoms with Crippen LogP contribution >= 0.6 is 0 Å². The van der Waals surface area contributed by atoms with Crippen molar-refractivity contribution < 1.29 is 0 Å². The lowest BCUT2D eigenvalue weighted by atomic mass is 10.4. The highest BCUT2D eigenvalue weighted by molar-refractivity contribution is 5.73. The second-order valence-electron chi connectivity index (χ2n) is 2.72. The number of fused-ring (bicyclic) bond motifs is 1. The summed E-state index contributed by atoms with van der Waals surface area (Å²) in [5.74, 6) is 0.409. The molecule has 0 amide bonds. The summed E-state index contributed by atoms with van der Waals surface area (Å²) < 4.78 is 0. The minimum absolute atomic E-state index is 0.213. The smallest absolute Gasteiger partial charge is 0.263 e. The molecule has 72 valence electrons. The fourth-order valence-electron chi connectivity index (χ4n) is 1.10. The van der Waals surface area contributed by atoms with Gasteiger partial charge in [0.2, 0.25) is 5.95 Å². The highest BCUT2D eigenvalue weighted by Gasteiger charge is 2.03. The normalized spacial score (nSPS) is 10.3. The van der Waals surface area contributed by atoms with Crippen molar-refractivity contribution in [3.8, 4) is 0 Å². The van der Waals surface area contributed by atoms with Crippen molar-refractivity contribution in [3.63, 3.8) is 0 Å². The van der Waals surface area contributed by atoms with E-state index in [0.717, 1.165) is 0 Å². The largest absolute Gasteiger partial charge is 0.352 e. The Labute approximate surface area is 79.1 Å². The van der Waals surface area contributed by atoms with Gasteiger partial charge in [-0.05, 0) is 0 Å². The summed E-state index contributed by atoms with van der Waals surface area (Å²) in [6, 6.07) is 0. The van der Waals surface area contributed by atoms with Gasteiger partial charge in [-0.2, -0.15) is 10.1 Å². The van der Waals surface area contributed by atoms with Crippen LogP contribution in [0.15, 0.2) is 23.6 Å². The highest BCUT2D eigenvalue weighted by atomic mass is 16.1. The molecule has 0 atom stereocenters. The van der Waals surface area contributed by atoms with Crippen molar-refractivity contribution in [1.82, 2.24) is 20.2 Å². The quantitative estimate of drug-likeness (QED) is 0.607. The van der Waals surface area contributed by atoms with Crippen LogP contribution in [0.3, 0.4) is 0 Å². The fourth-order valence-corrected chi connectivity index (χ4v) is 1.10. The van der Waals surface area contributed by atoms with E-state index in [0.29, 0.717) is 23.5 Å². The Bertz CT molecular complexity index is 512. The van der Waals surface area contributed by atoms with Crippen LogP contribution in [0.1, 0.15) is 0 Å². The molecule has 2 aromatic rings. The Morgan fingerprint density at radius 2 is 2.50 bits per heavy atom. The molecule has 2 aromatic heterocycles. The molecule has 6 nitrogen and oxygen atoms in total. The Hall–Kier alpha value is -2.11. The Kier molecular flexibility index (Phi) is 2.02. The van der Waals surface area contributed by atoms with E-state index < -0.39 is 0 Å². The number of aromatic amines is 2. The van der Waals surface area contributed by atoms with Crippen LogP contribution in [0.25, 0.3) is 11.0 Å². The summed E-state index contributed by atoms with van der Waals surface area (Å²) in [6.07, 6.45) is 3.12. The first-order valence-electron chi connectivity index (χ1n) is 4.09. The Balaban J connectivity index is 2.47. The average Bonchev–Trinajstić information content (AvgIpc) is 2.63. The minimum Gasteiger partial charge on any atom is -0.352 e. The molecule has 2 heterocycles. The molecular weight excluding hydrogens is 182 g/mol. The predicted molar refractivity (Wildman–Crippen MR) is 53.2 cm³/mol. The van der Waals surface area contributed by atoms with Gasteiger partial charge in [0.15, 0.2) is 5.65 Å². The van der Waals surface area contributed by atoms with Gasteiger partial charge in [-0.1, -0.05) is 6.08 Å². The van der Waals surface area contributed by atoms with Crippen LogP contribution < -0.4 is 10.9 Å². The van der Waals surface area contributed by atoms with Crippen molar-refractivity contribution in [2.45, 2.75) is 0 Å². The standard InChI is InChI=1S/C8H9N5O/c1-2-3-9-8-11-6-5(4-10-13-6)7(14)12-8/h2,4H,1,3H2,(H3,9,10,11,12,13,14). The third kappa shape index (κ3) is 1.37. The van der Waals surface area contributed by atoms with Gasteiger partial charge in [0, 0.05) is 6.54 Å². The van der Waals surface area contributed by atoms with Crippen molar-refractivity contribution in [2.24, 2.45) is 0 Å². The van der Waals surface area contributed by atoms with Crippen LogP contribution in [0.4, 0.5) is 5.95 Å². The van der Waals surface area contributed by atoms with Gasteiger partial charge < -0.3 is 5.32 Å². The molecule has 0 radical (unpaired) electrons. The summed E-state index contributed by atoms with van der Waals surface area (Å²) in [4.78, 5) is 18.1. The molecule has 0 aromatic carbocycles. The van der Waals surface area contributed by atoms with Gasteiger partial charge >= 0.3 is 0 Å². The summed E-state index contributed by atoms with van der Waals surface area (Å²) in [5, 5.41) is 9.70. The van der Waals surface area contributed by atoms with E-state index in [4.69, 9.17) is 0 Å². The molecular formula is C8H9N5O. The lowest BCUT2D eigenvalue weighted by Gasteiger charge is -2.00. The Morgan fingerprint density at radius 3 is 3.29 bits per heavy atom. The second kappa shape index (κ2) is 3.33. The molecule has 6 heteroatoms. The lowest BCUT2D eigenvalue weighted by molar-refractivity contribution is 1.07. The summed E-state index contributed by atoms with van der Waals surface area (Å²) in [6.45, 7) is 4.09. The zero-order chi connectivity index (χ0) is 9.97. The zero-order valence-electron chi connectivity index (χ0n) is 7.37. The van der Waals surface area contributed by atoms with E-state index in [1.54, 1.807) is 6.08 Å². The van der Waals surface area contributed by atoms with Crippen molar-refractivity contribution in [1.29, 1.82) is 0 Å². The summed E-state index contributed by atoms with van der Waals surface area (Å²) >= 11 is 0. The molecule has 0 aliphatic carbocycles. The average molecular weight is 191 g/mol. The van der Waals surface area contributed by atoms with Crippen LogP contribution in [-0.2, 0) is 0 Å². The zero-order valence-corrected chi connectivity index (χ0v) is 7.37. The minimum atomic E-state index is -0.213. The molecule has 3 N–H and O–H groups in total. The molecule has 0 saturated carbocycles. The number of rotatable bonds is 3. The monoisotopic (exact) mass is 191 g/mol. The van der Waals surface area contributed by atoms with E-state index in [2.05, 4.69) is 32.1 Å². The SMILES string of the molecule is C=CCNc1nc2[nH]ncc2c(=O)[nH]1. The van der Waals surface area contributed by atoms with Crippen LogP contribution in [0, 0.1) is 0 Å². The fraction of sp³-hybridized carbons (Fsp3) is 0.125. The molecule has 0 aliphatic heterocycles. The van der Waals surface area contributed by atoms with Gasteiger partial charge in [0.25, 0.3) is 5.56 Å². The summed E-state index contributed by atoms with van der Waals surface area (Å²) in [7, 11) is 0. The van der Waals surface area contributed by atoms with Crippen LogP contribution in [0.2, 0.25) is 0 Å². The first-order valence-corrected chi connectivity index (χ1v) is 4.09. The molecule has 0 spiro atoms. The number of aromatic nitrogens is 4. The Morgan fingerprint density at radius 1 is 1.64 bits per heavy atom. The van der Waals surface area contributed by atoms with Crippen molar-refractivity contribution in [3.05, 3.63) is 29.2 Å². The topological polar surface area (TPSA) is 86.5 Å². The van der Waals surface area contributed by atoms with E-state index in [-0.39, 0.29) is 5.56 Å². The number of nitrogens with zero attached hydrogens (tertiary/aromatic N) is 2. The number of anilines is 1. The van der Waals surface area contributed by atoms with Gasteiger partial charge in [0.05, 0.1) is 6.20 Å². The van der Waals surface area contributed by atoms with E-state index in [1.165, 1.54) is 6.20 Å².